The molecular formula is C30H35N3O6S. The lowest BCUT2D eigenvalue weighted by Crippen LogP contribution is -2.38. The number of likely N-dealkylation sites (tertiary alicyclic amines) is 1. The predicted octanol–water partition coefficient (Wildman–Crippen LogP) is 4.40. The van der Waals surface area contributed by atoms with E-state index in [1.54, 1.807) is 67.6 Å². The number of hydrogen-bond donors (Lipinski definition) is 1. The van der Waals surface area contributed by atoms with E-state index in [1.165, 1.54) is 13.2 Å². The summed E-state index contributed by atoms with van der Waals surface area (Å²) >= 11 is 0. The normalized spacial score (nSPS) is 13.1. The van der Waals surface area contributed by atoms with Crippen molar-refractivity contribution in [2.45, 2.75) is 38.0 Å². The van der Waals surface area contributed by atoms with Crippen LogP contribution in [0.1, 0.15) is 30.9 Å². The Balaban J connectivity index is 1.55. The largest absolute Gasteiger partial charge is 0.495 e. The number of anilines is 2. The molecule has 3 aromatic carbocycles. The molecule has 0 saturated carbocycles. The van der Waals surface area contributed by atoms with Crippen molar-refractivity contribution in [2.75, 3.05) is 43.0 Å². The van der Waals surface area contributed by atoms with E-state index >= 15 is 0 Å². The van der Waals surface area contributed by atoms with Gasteiger partial charge in [0.1, 0.15) is 22.9 Å². The molecule has 0 aromatic heterocycles. The van der Waals surface area contributed by atoms with E-state index in [4.69, 9.17) is 9.47 Å². The lowest BCUT2D eigenvalue weighted by molar-refractivity contribution is -0.129. The summed E-state index contributed by atoms with van der Waals surface area (Å²) < 4.78 is 39.7. The number of rotatable bonds is 11. The number of carbonyl (C=O) groups is 2. The van der Waals surface area contributed by atoms with Crippen LogP contribution < -0.4 is 19.1 Å². The molecule has 10 heteroatoms. The van der Waals surface area contributed by atoms with Crippen molar-refractivity contribution in [3.63, 3.8) is 0 Å². The van der Waals surface area contributed by atoms with Crippen LogP contribution in [0.15, 0.2) is 71.6 Å². The summed E-state index contributed by atoms with van der Waals surface area (Å²) in [6.45, 7) is 5.24. The molecule has 2 amide bonds. The quantitative estimate of drug-likeness (QED) is 0.370. The average molecular weight is 566 g/mol. The van der Waals surface area contributed by atoms with Crippen LogP contribution in [-0.4, -0.2) is 58.5 Å². The number of benzene rings is 3. The van der Waals surface area contributed by atoms with E-state index in [9.17, 15) is 18.0 Å². The highest BCUT2D eigenvalue weighted by Crippen LogP contribution is 2.32. The smallest absolute Gasteiger partial charge is 0.268 e. The summed E-state index contributed by atoms with van der Waals surface area (Å²) in [5.74, 6) is 0.340. The van der Waals surface area contributed by atoms with Crippen molar-refractivity contribution < 1.29 is 27.5 Å². The highest BCUT2D eigenvalue weighted by atomic mass is 32.2. The second-order valence-corrected chi connectivity index (χ2v) is 11.4. The molecule has 3 aromatic rings. The first-order valence-corrected chi connectivity index (χ1v) is 14.7. The first-order chi connectivity index (χ1) is 19.2. The van der Waals surface area contributed by atoms with Crippen LogP contribution >= 0.6 is 0 Å². The third-order valence-corrected chi connectivity index (χ3v) is 8.46. The van der Waals surface area contributed by atoms with Crippen LogP contribution in [0.2, 0.25) is 0 Å². The first kappa shape index (κ1) is 28.9. The molecular weight excluding hydrogens is 530 g/mol. The molecule has 0 bridgehead atoms. The van der Waals surface area contributed by atoms with Crippen LogP contribution in [0.3, 0.4) is 0 Å². The van der Waals surface area contributed by atoms with Crippen LogP contribution in [0.25, 0.3) is 0 Å². The number of nitrogens with zero attached hydrogens (tertiary/aromatic N) is 2. The molecule has 9 nitrogen and oxygen atoms in total. The van der Waals surface area contributed by atoms with Gasteiger partial charge in [0.25, 0.3) is 10.0 Å². The van der Waals surface area contributed by atoms with Gasteiger partial charge in [-0.3, -0.25) is 13.9 Å². The molecule has 0 aliphatic carbocycles. The Labute approximate surface area is 235 Å². The fourth-order valence-corrected chi connectivity index (χ4v) is 6.25. The highest BCUT2D eigenvalue weighted by Gasteiger charge is 2.30. The van der Waals surface area contributed by atoms with Crippen LogP contribution in [-0.2, 0) is 26.0 Å². The summed E-state index contributed by atoms with van der Waals surface area (Å²) in [7, 11) is -2.79. The number of ether oxygens (including phenoxy) is 2. The molecule has 40 heavy (non-hydrogen) atoms. The van der Waals surface area contributed by atoms with Gasteiger partial charge in [-0.2, -0.15) is 0 Å². The van der Waals surface area contributed by atoms with E-state index in [1.807, 2.05) is 11.8 Å². The molecule has 4 rings (SSSR count). The number of aryl methyl sites for hydroxylation is 1. The number of sulfonamides is 1. The van der Waals surface area contributed by atoms with Crippen molar-refractivity contribution in [1.82, 2.24) is 4.90 Å². The van der Waals surface area contributed by atoms with Crippen molar-refractivity contribution in [3.8, 4) is 11.5 Å². The van der Waals surface area contributed by atoms with Gasteiger partial charge in [-0.05, 0) is 86.3 Å². The third kappa shape index (κ3) is 6.93. The zero-order valence-electron chi connectivity index (χ0n) is 23.1. The summed E-state index contributed by atoms with van der Waals surface area (Å²) in [6.07, 6.45) is 2.38. The minimum Gasteiger partial charge on any atom is -0.495 e. The molecule has 0 unspecified atom stereocenters. The summed E-state index contributed by atoms with van der Waals surface area (Å²) in [5, 5.41) is 2.78. The van der Waals surface area contributed by atoms with Crippen molar-refractivity contribution in [3.05, 3.63) is 77.9 Å². The molecule has 1 fully saturated rings. The van der Waals surface area contributed by atoms with E-state index in [0.717, 1.165) is 41.4 Å². The Morgan fingerprint density at radius 3 is 2.27 bits per heavy atom. The Hall–Kier alpha value is -4.05. The Morgan fingerprint density at radius 2 is 1.65 bits per heavy atom. The first-order valence-electron chi connectivity index (χ1n) is 13.3. The fourth-order valence-electron chi connectivity index (χ4n) is 4.58. The van der Waals surface area contributed by atoms with Gasteiger partial charge in [0.05, 0.1) is 25.8 Å². The van der Waals surface area contributed by atoms with Gasteiger partial charge in [0.15, 0.2) is 0 Å². The number of amides is 2. The van der Waals surface area contributed by atoms with Gasteiger partial charge in [-0.15, -0.1) is 0 Å². The maximum absolute atomic E-state index is 13.9. The second kappa shape index (κ2) is 12.9. The highest BCUT2D eigenvalue weighted by molar-refractivity contribution is 7.93. The van der Waals surface area contributed by atoms with Crippen LogP contribution in [0.4, 0.5) is 11.4 Å². The molecule has 1 saturated heterocycles. The van der Waals surface area contributed by atoms with Gasteiger partial charge in [0.2, 0.25) is 11.8 Å². The maximum atomic E-state index is 13.9. The van der Waals surface area contributed by atoms with E-state index < -0.39 is 22.5 Å². The Kier molecular flexibility index (Phi) is 9.31. The van der Waals surface area contributed by atoms with E-state index in [0.29, 0.717) is 30.2 Å². The number of nitrogens with one attached hydrogen (secondary N) is 1. The lowest BCUT2D eigenvalue weighted by Gasteiger charge is -2.25. The maximum Gasteiger partial charge on any atom is 0.268 e. The summed E-state index contributed by atoms with van der Waals surface area (Å²) in [6, 6.07) is 18.4. The molecule has 0 atom stereocenters. The van der Waals surface area contributed by atoms with Crippen LogP contribution in [0, 0.1) is 6.92 Å². The number of hydrogen-bond acceptors (Lipinski definition) is 6. The summed E-state index contributed by atoms with van der Waals surface area (Å²) in [4.78, 5) is 27.4. The standard InChI is InChI=1S/C30H35N3O6S/c1-4-39-26-14-12-25(13-15-26)33(40(36,37)28-19-22(2)7-16-27(28)38-3)21-29(34)31-24-10-8-23(9-11-24)20-30(35)32-17-5-6-18-32/h7-16,19H,4-6,17-18,20-21H2,1-3H3,(H,31,34). The second-order valence-electron chi connectivity index (χ2n) is 9.60. The van der Waals surface area contributed by atoms with Crippen molar-refractivity contribution in [1.29, 1.82) is 0 Å². The Bertz CT molecular complexity index is 1430. The van der Waals surface area contributed by atoms with Crippen molar-refractivity contribution in [2.24, 2.45) is 0 Å². The molecule has 1 N–H and O–H groups in total. The molecule has 1 aliphatic rings. The fraction of sp³-hybridized carbons (Fsp3) is 0.333. The molecule has 1 heterocycles. The van der Waals surface area contributed by atoms with Crippen LogP contribution in [0.5, 0.6) is 11.5 Å². The van der Waals surface area contributed by atoms with Gasteiger partial charge in [-0.25, -0.2) is 8.42 Å². The van der Waals surface area contributed by atoms with E-state index in [2.05, 4.69) is 5.32 Å². The van der Waals surface area contributed by atoms with Gasteiger partial charge in [-0.1, -0.05) is 18.2 Å². The van der Waals surface area contributed by atoms with E-state index in [-0.39, 0.29) is 16.6 Å². The zero-order valence-corrected chi connectivity index (χ0v) is 23.9. The average Bonchev–Trinajstić information content (AvgIpc) is 3.49. The van der Waals surface area contributed by atoms with Crippen molar-refractivity contribution >= 4 is 33.2 Å². The Morgan fingerprint density at radius 1 is 0.975 bits per heavy atom. The predicted molar refractivity (Wildman–Crippen MR) is 154 cm³/mol. The summed E-state index contributed by atoms with van der Waals surface area (Å²) in [5.41, 5.74) is 2.39. The third-order valence-electron chi connectivity index (χ3n) is 6.66. The number of methoxy groups -OCH3 is 1. The molecule has 0 radical (unpaired) electrons. The monoisotopic (exact) mass is 565 g/mol. The number of carbonyl (C=O) groups excluding carboxylic acids is 2. The van der Waals surface area contributed by atoms with Gasteiger partial charge < -0.3 is 19.7 Å². The lowest BCUT2D eigenvalue weighted by atomic mass is 10.1. The minimum absolute atomic E-state index is 0.0382. The molecule has 0 spiro atoms. The minimum atomic E-state index is -4.20. The zero-order chi connectivity index (χ0) is 28.7. The SMILES string of the molecule is CCOc1ccc(N(CC(=O)Nc2ccc(CC(=O)N3CCCC3)cc2)S(=O)(=O)c2cc(C)ccc2OC)cc1. The molecule has 212 valence electrons. The van der Waals surface area contributed by atoms with Gasteiger partial charge in [0, 0.05) is 18.8 Å². The molecule has 1 aliphatic heterocycles. The van der Waals surface area contributed by atoms with Gasteiger partial charge >= 0.3 is 0 Å². The topological polar surface area (TPSA) is 105 Å².